The van der Waals surface area contributed by atoms with E-state index in [1.54, 1.807) is 12.4 Å². The molecule has 0 bridgehead atoms. The van der Waals surface area contributed by atoms with Crippen LogP contribution in [-0.2, 0) is 0 Å². The molecule has 50 heavy (non-hydrogen) atoms. The number of aliphatic hydroxyl groups is 2. The molecule has 6 aromatic rings. The summed E-state index contributed by atoms with van der Waals surface area (Å²) in [6.45, 7) is 8.96. The Labute approximate surface area is 288 Å². The van der Waals surface area contributed by atoms with Crippen LogP contribution in [0, 0.1) is 13.8 Å². The molecule has 4 unspecified atom stereocenters. The van der Waals surface area contributed by atoms with E-state index in [9.17, 15) is 10.2 Å². The lowest BCUT2D eigenvalue weighted by Gasteiger charge is -2.13. The molecule has 0 aromatic carbocycles. The fourth-order valence-electron chi connectivity index (χ4n) is 6.81. The molecule has 16 nitrogen and oxygen atoms in total. The van der Waals surface area contributed by atoms with Gasteiger partial charge in [-0.2, -0.15) is 30.1 Å². The molecule has 264 valence electrons. The first-order chi connectivity index (χ1) is 24.3. The van der Waals surface area contributed by atoms with Crippen molar-refractivity contribution in [3.8, 4) is 11.8 Å². The zero-order valence-corrected chi connectivity index (χ0v) is 28.7. The molecule has 4 atom stereocenters. The van der Waals surface area contributed by atoms with E-state index in [0.29, 0.717) is 36.9 Å². The maximum Gasteiger partial charge on any atom is 0.232 e. The summed E-state index contributed by atoms with van der Waals surface area (Å²) in [4.78, 5) is 24.1. The number of aromatic amines is 2. The second-order valence-electron chi connectivity index (χ2n) is 12.7. The number of ether oxygens (including phenoxy) is 2. The Morgan fingerprint density at radius 3 is 1.52 bits per heavy atom. The van der Waals surface area contributed by atoms with E-state index < -0.39 is 0 Å². The van der Waals surface area contributed by atoms with E-state index in [0.717, 1.165) is 83.4 Å². The van der Waals surface area contributed by atoms with Crippen LogP contribution in [0.3, 0.4) is 0 Å². The van der Waals surface area contributed by atoms with Crippen LogP contribution >= 0.6 is 0 Å². The largest absolute Gasteiger partial charge is 0.477 e. The zero-order valence-electron chi connectivity index (χ0n) is 28.7. The Morgan fingerprint density at radius 2 is 1.14 bits per heavy atom. The summed E-state index contributed by atoms with van der Waals surface area (Å²) in [7, 11) is 0. The van der Waals surface area contributed by atoms with Crippen molar-refractivity contribution in [1.29, 1.82) is 0 Å². The van der Waals surface area contributed by atoms with Gasteiger partial charge in [0.25, 0.3) is 0 Å². The number of fused-ring (bicyclic) bond motifs is 2. The smallest absolute Gasteiger partial charge is 0.232 e. The van der Waals surface area contributed by atoms with Crippen LogP contribution in [0.4, 0.5) is 23.3 Å². The van der Waals surface area contributed by atoms with Crippen LogP contribution in [0.15, 0.2) is 36.9 Å². The molecule has 0 amide bonds. The highest BCUT2D eigenvalue weighted by molar-refractivity contribution is 5.83. The van der Waals surface area contributed by atoms with Gasteiger partial charge in [-0.15, -0.1) is 0 Å². The van der Waals surface area contributed by atoms with Crippen LogP contribution in [0.2, 0.25) is 0 Å². The van der Waals surface area contributed by atoms with Crippen molar-refractivity contribution in [3.63, 3.8) is 0 Å². The number of hydrogen-bond acceptors (Lipinski definition) is 12. The van der Waals surface area contributed by atoms with Gasteiger partial charge in [0.05, 0.1) is 83.4 Å². The Morgan fingerprint density at radius 1 is 0.700 bits per heavy atom. The number of rotatable bonds is 10. The van der Waals surface area contributed by atoms with E-state index >= 15 is 0 Å². The first kappa shape index (κ1) is 33.3. The zero-order chi connectivity index (χ0) is 34.8. The summed E-state index contributed by atoms with van der Waals surface area (Å²) in [5.41, 5.74) is 5.18. The van der Waals surface area contributed by atoms with Crippen molar-refractivity contribution in [1.82, 2.24) is 49.5 Å². The SMILES string of the molecule is CCOc1nc(Nc2cnn(C3CCC(O)C3)c2C)nc2[nH]ccc12.CCOc1nc(Nc2cnn(C3CCC(O)C3)c2C)nc2[nH]ccc12. The molecule has 6 heterocycles. The number of anilines is 4. The summed E-state index contributed by atoms with van der Waals surface area (Å²) in [6.07, 6.45) is 11.8. The third-order valence-corrected chi connectivity index (χ3v) is 9.35. The molecule has 0 spiro atoms. The third-order valence-electron chi connectivity index (χ3n) is 9.35. The van der Waals surface area contributed by atoms with Gasteiger partial charge in [0.2, 0.25) is 23.7 Å². The number of H-pyrrole nitrogens is 2. The van der Waals surface area contributed by atoms with Gasteiger partial charge in [0, 0.05) is 12.4 Å². The maximum absolute atomic E-state index is 9.76. The standard InChI is InChI=1S/2C17H22N6O2/c2*1-3-25-16-13-6-7-18-15(13)21-17(22-16)20-14-9-19-23(10(14)2)11-4-5-12(24)8-11/h2*6-7,9,11-12,24H,3-5,8H2,1-2H3,(H2,18,20,21,22). The van der Waals surface area contributed by atoms with E-state index in [-0.39, 0.29) is 24.3 Å². The Hall–Kier alpha value is -5.22. The third kappa shape index (κ3) is 6.80. The highest BCUT2D eigenvalue weighted by Crippen LogP contribution is 2.34. The molecule has 0 radical (unpaired) electrons. The predicted molar refractivity (Wildman–Crippen MR) is 188 cm³/mol. The van der Waals surface area contributed by atoms with Crippen molar-refractivity contribution in [2.24, 2.45) is 0 Å². The number of nitrogens with zero attached hydrogens (tertiary/aromatic N) is 8. The summed E-state index contributed by atoms with van der Waals surface area (Å²) in [6, 6.07) is 4.30. The monoisotopic (exact) mass is 684 g/mol. The number of aromatic nitrogens is 10. The second-order valence-corrected chi connectivity index (χ2v) is 12.7. The van der Waals surface area contributed by atoms with Crippen molar-refractivity contribution in [3.05, 3.63) is 48.3 Å². The Kier molecular flexibility index (Phi) is 9.54. The Bertz CT molecular complexity index is 1920. The Balaban J connectivity index is 0.000000157. The topological polar surface area (TPSA) is 202 Å². The highest BCUT2D eigenvalue weighted by atomic mass is 16.5. The molecule has 2 aliphatic carbocycles. The highest BCUT2D eigenvalue weighted by Gasteiger charge is 2.28. The molecule has 8 rings (SSSR count). The molecule has 2 fully saturated rings. The van der Waals surface area contributed by atoms with Crippen LogP contribution in [0.5, 0.6) is 11.8 Å². The van der Waals surface area contributed by atoms with Crippen LogP contribution in [0.1, 0.15) is 75.8 Å². The van der Waals surface area contributed by atoms with Crippen LogP contribution < -0.4 is 20.1 Å². The van der Waals surface area contributed by atoms with Gasteiger partial charge in [-0.3, -0.25) is 9.36 Å². The summed E-state index contributed by atoms with van der Waals surface area (Å²) < 4.78 is 15.2. The molecule has 0 saturated heterocycles. The lowest BCUT2D eigenvalue weighted by atomic mass is 10.2. The molecule has 2 aliphatic rings. The van der Waals surface area contributed by atoms with Crippen molar-refractivity contribution >= 4 is 45.3 Å². The first-order valence-electron chi connectivity index (χ1n) is 17.2. The average Bonchev–Trinajstić information content (AvgIpc) is 3.95. The van der Waals surface area contributed by atoms with Gasteiger partial charge >= 0.3 is 0 Å². The maximum atomic E-state index is 9.76. The van der Waals surface area contributed by atoms with Gasteiger partial charge in [0.15, 0.2) is 0 Å². The van der Waals surface area contributed by atoms with Gasteiger partial charge in [-0.05, 0) is 78.4 Å². The molecular weight excluding hydrogens is 640 g/mol. The van der Waals surface area contributed by atoms with Gasteiger partial charge in [-0.1, -0.05) is 0 Å². The van der Waals surface area contributed by atoms with Gasteiger partial charge < -0.3 is 40.3 Å². The minimum Gasteiger partial charge on any atom is -0.477 e. The van der Waals surface area contributed by atoms with Crippen molar-refractivity contribution in [2.45, 2.75) is 90.5 Å². The predicted octanol–water partition coefficient (Wildman–Crippen LogP) is 5.38. The fraction of sp³-hybridized carbons (Fsp3) is 0.471. The van der Waals surface area contributed by atoms with E-state index in [1.807, 2.05) is 61.6 Å². The second kappa shape index (κ2) is 14.3. The minimum absolute atomic E-state index is 0.225. The van der Waals surface area contributed by atoms with E-state index in [2.05, 4.69) is 50.7 Å². The van der Waals surface area contributed by atoms with Gasteiger partial charge in [0.1, 0.15) is 11.3 Å². The molecule has 2 saturated carbocycles. The summed E-state index contributed by atoms with van der Waals surface area (Å²) in [5.74, 6) is 2.04. The first-order valence-corrected chi connectivity index (χ1v) is 17.2. The lowest BCUT2D eigenvalue weighted by Crippen LogP contribution is -2.10. The van der Waals surface area contributed by atoms with Gasteiger partial charge in [-0.25, -0.2) is 0 Å². The van der Waals surface area contributed by atoms with Crippen LogP contribution in [-0.4, -0.2) is 85.1 Å². The molecular formula is C34H44N12O4. The summed E-state index contributed by atoms with van der Waals surface area (Å²) >= 11 is 0. The lowest BCUT2D eigenvalue weighted by molar-refractivity contribution is 0.176. The van der Waals surface area contributed by atoms with Crippen LogP contribution in [0.25, 0.3) is 22.1 Å². The molecule has 6 N–H and O–H groups in total. The summed E-state index contributed by atoms with van der Waals surface area (Å²) in [5, 5.41) is 36.7. The quantitative estimate of drug-likeness (QED) is 0.108. The molecule has 16 heteroatoms. The number of nitrogens with one attached hydrogen (secondary N) is 4. The molecule has 0 aliphatic heterocycles. The number of hydrogen-bond donors (Lipinski definition) is 6. The average molecular weight is 685 g/mol. The number of aliphatic hydroxyl groups excluding tert-OH is 2. The van der Waals surface area contributed by atoms with Crippen molar-refractivity contribution in [2.75, 3.05) is 23.8 Å². The normalized spacial score (nSPS) is 20.3. The fourth-order valence-corrected chi connectivity index (χ4v) is 6.81. The van der Waals surface area contributed by atoms with E-state index in [4.69, 9.17) is 9.47 Å². The van der Waals surface area contributed by atoms with Crippen molar-refractivity contribution < 1.29 is 19.7 Å². The molecule has 6 aromatic heterocycles. The minimum atomic E-state index is -0.225. The van der Waals surface area contributed by atoms with E-state index in [1.165, 1.54) is 0 Å².